The molecule has 0 aliphatic rings. The molecule has 0 fully saturated rings. The van der Waals surface area contributed by atoms with Gasteiger partial charge in [-0.1, -0.05) is 18.2 Å². The van der Waals surface area contributed by atoms with E-state index in [1.165, 1.54) is 11.3 Å². The van der Waals surface area contributed by atoms with E-state index in [-0.39, 0.29) is 0 Å². The van der Waals surface area contributed by atoms with E-state index < -0.39 is 0 Å². The summed E-state index contributed by atoms with van der Waals surface area (Å²) in [6.45, 7) is 0. The van der Waals surface area contributed by atoms with E-state index in [9.17, 15) is 0 Å². The summed E-state index contributed by atoms with van der Waals surface area (Å²) in [6.07, 6.45) is 3.54. The summed E-state index contributed by atoms with van der Waals surface area (Å²) in [4.78, 5) is 13.2. The van der Waals surface area contributed by atoms with Crippen LogP contribution in [-0.4, -0.2) is 15.0 Å². The summed E-state index contributed by atoms with van der Waals surface area (Å²) in [7, 11) is 0. The average Bonchev–Trinajstić information content (AvgIpc) is 2.57. The van der Waals surface area contributed by atoms with Crippen LogP contribution < -0.4 is 0 Å². The van der Waals surface area contributed by atoms with Gasteiger partial charge in [0.1, 0.15) is 0 Å². The zero-order chi connectivity index (χ0) is 14.9. The molecule has 6 heteroatoms. The SMILES string of the molecule is [Br][Cu][Br].c1ccc(-c2cccc(-c3ccccn3)n2)nc1. The van der Waals surface area contributed by atoms with Gasteiger partial charge in [0, 0.05) is 12.4 Å². The molecule has 21 heavy (non-hydrogen) atoms. The van der Waals surface area contributed by atoms with Gasteiger partial charge in [-0.3, -0.25) is 9.97 Å². The van der Waals surface area contributed by atoms with Crippen LogP contribution in [0.5, 0.6) is 0 Å². The predicted octanol–water partition coefficient (Wildman–Crippen LogP) is 4.89. The van der Waals surface area contributed by atoms with Crippen LogP contribution in [0.15, 0.2) is 67.0 Å². The first-order chi connectivity index (χ1) is 10.3. The third-order valence-corrected chi connectivity index (χ3v) is 2.60. The summed E-state index contributed by atoms with van der Waals surface area (Å²) in [5, 5.41) is 0. The van der Waals surface area contributed by atoms with E-state index in [0.717, 1.165) is 22.8 Å². The maximum atomic E-state index is 4.59. The fourth-order valence-electron chi connectivity index (χ4n) is 1.75. The van der Waals surface area contributed by atoms with Crippen molar-refractivity contribution in [3.05, 3.63) is 67.0 Å². The van der Waals surface area contributed by atoms with Gasteiger partial charge in [-0.05, 0) is 36.4 Å². The smallest absolute Gasteiger partial charge is 0.0894 e. The number of hydrogen-bond acceptors (Lipinski definition) is 3. The van der Waals surface area contributed by atoms with Crippen molar-refractivity contribution in [2.75, 3.05) is 0 Å². The molecule has 0 unspecified atom stereocenters. The third kappa shape index (κ3) is 5.00. The Hall–Kier alpha value is -1.07. The van der Waals surface area contributed by atoms with Gasteiger partial charge in [0.2, 0.25) is 0 Å². The average molecular weight is 457 g/mol. The zero-order valence-electron chi connectivity index (χ0n) is 10.7. The van der Waals surface area contributed by atoms with Gasteiger partial charge in [0.25, 0.3) is 0 Å². The molecule has 3 heterocycles. The monoisotopic (exact) mass is 454 g/mol. The summed E-state index contributed by atoms with van der Waals surface area (Å²) in [6, 6.07) is 17.5. The van der Waals surface area contributed by atoms with Gasteiger partial charge in [0.05, 0.1) is 22.8 Å². The summed E-state index contributed by atoms with van der Waals surface area (Å²) < 4.78 is 0. The summed E-state index contributed by atoms with van der Waals surface area (Å²) >= 11 is 7.38. The van der Waals surface area contributed by atoms with Crippen molar-refractivity contribution in [2.24, 2.45) is 0 Å². The minimum Gasteiger partial charge on any atom is -0.255 e. The minimum absolute atomic E-state index is 0.860. The molecule has 0 spiro atoms. The number of pyridine rings is 3. The largest absolute Gasteiger partial charge is 0.255 e. The molecule has 0 aliphatic carbocycles. The van der Waals surface area contributed by atoms with E-state index in [1.54, 1.807) is 12.4 Å². The quantitative estimate of drug-likeness (QED) is 0.515. The van der Waals surface area contributed by atoms with Gasteiger partial charge < -0.3 is 0 Å². The van der Waals surface area contributed by atoms with E-state index in [1.807, 2.05) is 54.6 Å². The molecular weight excluding hydrogens is 446 g/mol. The molecule has 0 bridgehead atoms. The van der Waals surface area contributed by atoms with Crippen LogP contribution in [0.1, 0.15) is 0 Å². The van der Waals surface area contributed by atoms with Crippen molar-refractivity contribution in [1.29, 1.82) is 0 Å². The van der Waals surface area contributed by atoms with Gasteiger partial charge in [-0.2, -0.15) is 0 Å². The van der Waals surface area contributed by atoms with Gasteiger partial charge in [-0.15, -0.1) is 0 Å². The number of hydrogen-bond donors (Lipinski definition) is 0. The van der Waals surface area contributed by atoms with Crippen molar-refractivity contribution in [3.63, 3.8) is 0 Å². The molecule has 0 amide bonds. The fraction of sp³-hybridized carbons (Fsp3) is 0. The van der Waals surface area contributed by atoms with E-state index >= 15 is 0 Å². The van der Waals surface area contributed by atoms with Crippen LogP contribution in [0.4, 0.5) is 0 Å². The zero-order valence-corrected chi connectivity index (χ0v) is 14.9. The molecule has 0 saturated carbocycles. The summed E-state index contributed by atoms with van der Waals surface area (Å²) in [5.74, 6) is 0. The molecule has 0 atom stereocenters. The van der Waals surface area contributed by atoms with Crippen molar-refractivity contribution < 1.29 is 11.3 Å². The first-order valence-corrected chi connectivity index (χ1v) is 10.6. The summed E-state index contributed by atoms with van der Waals surface area (Å²) in [5.41, 5.74) is 3.46. The molecular formula is C15H11Br2CuN3. The molecule has 3 aromatic heterocycles. The van der Waals surface area contributed by atoms with Crippen LogP contribution in [0.25, 0.3) is 22.8 Å². The fourth-order valence-corrected chi connectivity index (χ4v) is 1.75. The van der Waals surface area contributed by atoms with Crippen molar-refractivity contribution in [2.45, 2.75) is 0 Å². The molecule has 0 radical (unpaired) electrons. The topological polar surface area (TPSA) is 38.7 Å². The molecule has 0 aromatic carbocycles. The molecule has 3 nitrogen and oxygen atoms in total. The van der Waals surface area contributed by atoms with Crippen LogP contribution >= 0.6 is 28.2 Å². The molecule has 0 saturated heterocycles. The number of rotatable bonds is 2. The number of nitrogens with zero attached hydrogens (tertiary/aromatic N) is 3. The standard InChI is InChI=1S/C15H11N3.2BrH.Cu/c1-3-10-16-12(6-1)14-8-5-9-15(18-14)13-7-2-4-11-17-13;;;/h1-11H;2*1H;/q;;;+2/p-2. The number of halogens is 2. The Labute approximate surface area is 143 Å². The Bertz CT molecular complexity index is 611. The third-order valence-electron chi connectivity index (χ3n) is 2.60. The molecule has 0 aliphatic heterocycles. The first-order valence-electron chi connectivity index (χ1n) is 5.96. The second-order valence-corrected chi connectivity index (χ2v) is 8.63. The van der Waals surface area contributed by atoms with E-state index in [2.05, 4.69) is 43.2 Å². The maximum Gasteiger partial charge on any atom is 0.0894 e. The van der Waals surface area contributed by atoms with Crippen LogP contribution in [0, 0.1) is 0 Å². The molecule has 111 valence electrons. The van der Waals surface area contributed by atoms with Crippen molar-refractivity contribution in [3.8, 4) is 22.8 Å². The van der Waals surface area contributed by atoms with Gasteiger partial charge >= 0.3 is 39.6 Å². The van der Waals surface area contributed by atoms with E-state index in [0.29, 0.717) is 0 Å². The Morgan fingerprint density at radius 1 is 0.619 bits per heavy atom. The molecule has 3 aromatic rings. The van der Waals surface area contributed by atoms with Crippen LogP contribution in [-0.2, 0) is 11.3 Å². The predicted molar refractivity (Wildman–Crippen MR) is 88.6 cm³/mol. The van der Waals surface area contributed by atoms with Crippen LogP contribution in [0.2, 0.25) is 0 Å². The Morgan fingerprint density at radius 3 is 1.43 bits per heavy atom. The Balaban J connectivity index is 0.000000497. The Morgan fingerprint density at radius 2 is 1.05 bits per heavy atom. The van der Waals surface area contributed by atoms with Gasteiger partial charge in [0.15, 0.2) is 0 Å². The first kappa shape index (κ1) is 16.3. The van der Waals surface area contributed by atoms with Crippen molar-refractivity contribution in [1.82, 2.24) is 15.0 Å². The maximum absolute atomic E-state index is 4.59. The normalized spacial score (nSPS) is 9.81. The number of aromatic nitrogens is 3. The molecule has 0 N–H and O–H groups in total. The second-order valence-electron chi connectivity index (χ2n) is 3.88. The van der Waals surface area contributed by atoms with Crippen LogP contribution in [0.3, 0.4) is 0 Å². The molecule has 3 rings (SSSR count). The van der Waals surface area contributed by atoms with Gasteiger partial charge in [-0.25, -0.2) is 4.98 Å². The van der Waals surface area contributed by atoms with E-state index in [4.69, 9.17) is 0 Å². The minimum atomic E-state index is 0.860. The van der Waals surface area contributed by atoms with Crippen molar-refractivity contribution >= 4 is 28.2 Å². The second kappa shape index (κ2) is 9.05. The Kier molecular flexibility index (Phi) is 7.03.